The maximum atomic E-state index is 13.3. The first-order chi connectivity index (χ1) is 11.8. The van der Waals surface area contributed by atoms with Crippen molar-refractivity contribution in [1.29, 1.82) is 0 Å². The SMILES string of the molecule is [C-]#[N+]C1=C[C@]2(c3ccc(OC)cc3)C(=O)N(C)CC=C2C(C)(C)C1=O. The molecule has 3 rings (SSSR count). The quantitative estimate of drug-likeness (QED) is 0.616. The zero-order valence-corrected chi connectivity index (χ0v) is 14.8. The number of fused-ring (bicyclic) bond motifs is 1. The first-order valence-electron chi connectivity index (χ1n) is 8.05. The van der Waals surface area contributed by atoms with Crippen LogP contribution in [-0.2, 0) is 15.0 Å². The van der Waals surface area contributed by atoms with Crippen LogP contribution in [0.15, 0.2) is 47.7 Å². The van der Waals surface area contributed by atoms with Gasteiger partial charge < -0.3 is 14.4 Å². The predicted molar refractivity (Wildman–Crippen MR) is 93.9 cm³/mol. The fraction of sp³-hybridized carbons (Fsp3) is 0.350. The third-order valence-electron chi connectivity index (χ3n) is 5.17. The van der Waals surface area contributed by atoms with Crippen LogP contribution >= 0.6 is 0 Å². The Morgan fingerprint density at radius 2 is 1.84 bits per heavy atom. The number of likely N-dealkylation sites (N-methyl/N-ethyl adjacent to an activating group) is 1. The monoisotopic (exact) mass is 336 g/mol. The molecule has 1 atom stereocenters. The lowest BCUT2D eigenvalue weighted by molar-refractivity contribution is -0.135. The van der Waals surface area contributed by atoms with Crippen LogP contribution in [0, 0.1) is 12.0 Å². The lowest BCUT2D eigenvalue weighted by Crippen LogP contribution is -2.55. The van der Waals surface area contributed by atoms with Crippen molar-refractivity contribution in [2.75, 3.05) is 20.7 Å². The number of benzene rings is 1. The summed E-state index contributed by atoms with van der Waals surface area (Å²) >= 11 is 0. The molecule has 0 unspecified atom stereocenters. The molecule has 1 aliphatic carbocycles. The molecular formula is C20H20N2O3. The van der Waals surface area contributed by atoms with Gasteiger partial charge in [-0.1, -0.05) is 38.1 Å². The van der Waals surface area contributed by atoms with Gasteiger partial charge in [0.2, 0.25) is 11.6 Å². The van der Waals surface area contributed by atoms with E-state index in [4.69, 9.17) is 11.3 Å². The van der Waals surface area contributed by atoms with E-state index in [1.54, 1.807) is 51.1 Å². The number of nitrogens with zero attached hydrogens (tertiary/aromatic N) is 2. The van der Waals surface area contributed by atoms with Crippen LogP contribution < -0.4 is 4.74 Å². The van der Waals surface area contributed by atoms with Crippen LogP contribution in [0.5, 0.6) is 5.75 Å². The van der Waals surface area contributed by atoms with Gasteiger partial charge in [-0.2, -0.15) is 0 Å². The van der Waals surface area contributed by atoms with E-state index >= 15 is 0 Å². The van der Waals surface area contributed by atoms with Gasteiger partial charge in [-0.05, 0) is 23.3 Å². The molecule has 0 aromatic heterocycles. The van der Waals surface area contributed by atoms with E-state index in [9.17, 15) is 9.59 Å². The molecule has 0 saturated carbocycles. The van der Waals surface area contributed by atoms with Crippen molar-refractivity contribution in [3.63, 3.8) is 0 Å². The molecule has 1 aromatic rings. The fourth-order valence-corrected chi connectivity index (χ4v) is 3.79. The van der Waals surface area contributed by atoms with Crippen LogP contribution in [0.25, 0.3) is 4.85 Å². The number of methoxy groups -OCH3 is 1. The smallest absolute Gasteiger partial charge is 0.240 e. The fourth-order valence-electron chi connectivity index (χ4n) is 3.79. The summed E-state index contributed by atoms with van der Waals surface area (Å²) in [5.74, 6) is 0.315. The Kier molecular flexibility index (Phi) is 3.80. The van der Waals surface area contributed by atoms with Crippen molar-refractivity contribution in [2.24, 2.45) is 5.41 Å². The number of carbonyl (C=O) groups excluding carboxylic acids is 2. The van der Waals surface area contributed by atoms with Crippen molar-refractivity contribution >= 4 is 11.7 Å². The molecule has 0 bridgehead atoms. The minimum atomic E-state index is -1.13. The predicted octanol–water partition coefficient (Wildman–Crippen LogP) is 2.74. The lowest BCUT2D eigenvalue weighted by Gasteiger charge is -2.48. The molecule has 25 heavy (non-hydrogen) atoms. The zero-order chi connectivity index (χ0) is 18.4. The lowest BCUT2D eigenvalue weighted by atomic mass is 9.57. The van der Waals surface area contributed by atoms with Crippen molar-refractivity contribution in [1.82, 2.24) is 4.90 Å². The number of hydrogen-bond acceptors (Lipinski definition) is 3. The molecule has 1 amide bonds. The van der Waals surface area contributed by atoms with Gasteiger partial charge >= 0.3 is 0 Å². The molecule has 5 heteroatoms. The van der Waals surface area contributed by atoms with Gasteiger partial charge in [0.15, 0.2) is 5.78 Å². The highest BCUT2D eigenvalue weighted by atomic mass is 16.5. The van der Waals surface area contributed by atoms with E-state index in [-0.39, 0.29) is 17.4 Å². The van der Waals surface area contributed by atoms with Gasteiger partial charge in [0.1, 0.15) is 11.2 Å². The molecule has 0 fully saturated rings. The Labute approximate surface area is 147 Å². The molecule has 0 radical (unpaired) electrons. The molecule has 0 N–H and O–H groups in total. The van der Waals surface area contributed by atoms with Gasteiger partial charge in [0, 0.05) is 19.0 Å². The zero-order valence-electron chi connectivity index (χ0n) is 14.8. The van der Waals surface area contributed by atoms with Gasteiger partial charge in [-0.15, -0.1) is 0 Å². The van der Waals surface area contributed by atoms with Gasteiger partial charge in [-0.25, -0.2) is 4.85 Å². The number of ketones is 1. The minimum absolute atomic E-state index is 0.0154. The highest BCUT2D eigenvalue weighted by Crippen LogP contribution is 2.51. The average Bonchev–Trinajstić information content (AvgIpc) is 2.61. The van der Waals surface area contributed by atoms with E-state index in [0.29, 0.717) is 12.3 Å². The van der Waals surface area contributed by atoms with Crippen molar-refractivity contribution in [2.45, 2.75) is 19.3 Å². The maximum absolute atomic E-state index is 13.3. The minimum Gasteiger partial charge on any atom is -0.497 e. The molecule has 0 spiro atoms. The Morgan fingerprint density at radius 1 is 1.20 bits per heavy atom. The number of hydrogen-bond donors (Lipinski definition) is 0. The Bertz CT molecular complexity index is 856. The summed E-state index contributed by atoms with van der Waals surface area (Å²) in [5, 5.41) is 0. The summed E-state index contributed by atoms with van der Waals surface area (Å²) in [6, 6.07) is 7.23. The van der Waals surface area contributed by atoms with Gasteiger partial charge in [0.05, 0.1) is 13.7 Å². The highest BCUT2D eigenvalue weighted by molar-refractivity contribution is 6.10. The molecule has 128 valence electrons. The normalized spacial score (nSPS) is 24.8. The molecule has 2 aliphatic rings. The summed E-state index contributed by atoms with van der Waals surface area (Å²) in [6.45, 7) is 11.4. The number of carbonyl (C=O) groups is 2. The Hall–Kier alpha value is -2.87. The van der Waals surface area contributed by atoms with E-state index in [1.807, 2.05) is 18.2 Å². The maximum Gasteiger partial charge on any atom is 0.240 e. The highest BCUT2D eigenvalue weighted by Gasteiger charge is 2.56. The first-order valence-corrected chi connectivity index (χ1v) is 8.05. The molecule has 0 saturated heterocycles. The summed E-state index contributed by atoms with van der Waals surface area (Å²) in [7, 11) is 3.31. The van der Waals surface area contributed by atoms with Crippen LogP contribution in [0.4, 0.5) is 0 Å². The third kappa shape index (κ3) is 2.21. The molecule has 1 aromatic carbocycles. The topological polar surface area (TPSA) is 51.0 Å². The van der Waals surface area contributed by atoms with Crippen molar-refractivity contribution < 1.29 is 14.3 Å². The molecule has 1 heterocycles. The number of amides is 1. The van der Waals surface area contributed by atoms with E-state index in [2.05, 4.69) is 4.85 Å². The third-order valence-corrected chi connectivity index (χ3v) is 5.17. The Morgan fingerprint density at radius 3 is 2.40 bits per heavy atom. The largest absolute Gasteiger partial charge is 0.497 e. The number of rotatable bonds is 2. The van der Waals surface area contributed by atoms with Crippen molar-refractivity contribution in [3.8, 4) is 5.75 Å². The second kappa shape index (κ2) is 5.59. The van der Waals surface area contributed by atoms with E-state index < -0.39 is 10.8 Å². The number of Topliss-reactive ketones (excluding diaryl/α,β-unsaturated/α-hetero) is 1. The Balaban J connectivity index is 2.36. The average molecular weight is 336 g/mol. The second-order valence-electron chi connectivity index (χ2n) is 6.94. The van der Waals surface area contributed by atoms with Crippen LogP contribution in [0.1, 0.15) is 19.4 Å². The van der Waals surface area contributed by atoms with Crippen LogP contribution in [0.3, 0.4) is 0 Å². The molecular weight excluding hydrogens is 316 g/mol. The van der Waals surface area contributed by atoms with E-state index in [1.165, 1.54) is 0 Å². The first kappa shape index (κ1) is 17.0. The molecule has 1 aliphatic heterocycles. The number of allylic oxidation sites excluding steroid dienone is 1. The summed E-state index contributed by atoms with van der Waals surface area (Å²) in [4.78, 5) is 31.1. The van der Waals surface area contributed by atoms with Gasteiger partial charge in [0.25, 0.3) is 0 Å². The second-order valence-corrected chi connectivity index (χ2v) is 6.94. The number of ether oxygens (including phenoxy) is 1. The van der Waals surface area contributed by atoms with Crippen LogP contribution in [0.2, 0.25) is 0 Å². The van der Waals surface area contributed by atoms with Crippen molar-refractivity contribution in [3.05, 3.63) is 64.7 Å². The standard InChI is InChI=1S/C20H20N2O3/c1-19(2)16-10-11-22(4)18(24)20(16,12-15(21-3)17(19)23)13-6-8-14(25-5)9-7-13/h6-10,12H,11H2,1-2,4-5H3/t20-/m1/s1. The van der Waals surface area contributed by atoms with Gasteiger partial charge in [-0.3, -0.25) is 4.79 Å². The van der Waals surface area contributed by atoms with Crippen LogP contribution in [-0.4, -0.2) is 37.3 Å². The van der Waals surface area contributed by atoms with E-state index in [0.717, 1.165) is 11.1 Å². The molecule has 5 nitrogen and oxygen atoms in total. The summed E-state index contributed by atoms with van der Waals surface area (Å²) in [5.41, 5.74) is -0.549. The summed E-state index contributed by atoms with van der Waals surface area (Å²) in [6.07, 6.45) is 3.49. The summed E-state index contributed by atoms with van der Waals surface area (Å²) < 4.78 is 5.21.